The lowest BCUT2D eigenvalue weighted by Gasteiger charge is -2.41. The van der Waals surface area contributed by atoms with Crippen molar-refractivity contribution in [3.63, 3.8) is 0 Å². The van der Waals surface area contributed by atoms with Gasteiger partial charge in [0.05, 0.1) is 26.4 Å². The van der Waals surface area contributed by atoms with Gasteiger partial charge in [-0.2, -0.15) is 0 Å². The van der Waals surface area contributed by atoms with Crippen LogP contribution in [0.3, 0.4) is 0 Å². The molecule has 1 amide bonds. The van der Waals surface area contributed by atoms with E-state index in [1.165, 1.54) is 96.3 Å². The Labute approximate surface area is 439 Å². The van der Waals surface area contributed by atoms with Crippen LogP contribution >= 0.6 is 0 Å². The van der Waals surface area contributed by atoms with Crippen molar-refractivity contribution in [3.8, 4) is 0 Å². The molecule has 3 fully saturated rings. The predicted molar refractivity (Wildman–Crippen MR) is 288 cm³/mol. The molecule has 3 heterocycles. The zero-order chi connectivity index (χ0) is 52.0. The number of cyclic esters (lactones) is 4. The maximum absolute atomic E-state index is 13.3. The Balaban J connectivity index is 1.67. The van der Waals surface area contributed by atoms with Crippen molar-refractivity contribution in [2.24, 2.45) is 22.7 Å². The number of piperidine rings is 1. The molecule has 418 valence electrons. The molecular weight excluding hydrogens is 909 g/mol. The van der Waals surface area contributed by atoms with Crippen LogP contribution in [0, 0.1) is 22.7 Å². The number of carbonyl (C=O) groups excluding carboxylic acids is 5. The molecule has 3 rings (SSSR count). The van der Waals surface area contributed by atoms with E-state index in [2.05, 4.69) is 32.6 Å². The summed E-state index contributed by atoms with van der Waals surface area (Å²) in [7, 11) is 0. The van der Waals surface area contributed by atoms with Crippen LogP contribution in [0.1, 0.15) is 259 Å². The zero-order valence-electron chi connectivity index (χ0n) is 46.9. The summed E-state index contributed by atoms with van der Waals surface area (Å²) >= 11 is 0. The first-order valence-corrected chi connectivity index (χ1v) is 30.2. The topological polar surface area (TPSA) is 138 Å². The number of rotatable bonds is 21. The second kappa shape index (κ2) is 39.7. The quantitative estimate of drug-likeness (QED) is 0.0617. The standard InChI is InChI=1S/C60H108N2O10/c1-5-9-12-14-15-19-27-52-29-25-37-59(8-4,36-24-11-7-3)38-35-53(28-18-13-10-6-2)49-70-56(65)32-21-17-23-34-58(67)72-51-60(50-71-57(66)33-22-16-20-31-55(64)69-48-52)39-42-62(43-40-60)54(63)30-26-41-61-44-46-68-47-45-61/h52-53H,5-51H2,1-4H3. The molecule has 0 aromatic rings. The van der Waals surface area contributed by atoms with Crippen molar-refractivity contribution < 1.29 is 47.7 Å². The van der Waals surface area contributed by atoms with E-state index >= 15 is 0 Å². The highest BCUT2D eigenvalue weighted by atomic mass is 16.6. The van der Waals surface area contributed by atoms with Gasteiger partial charge in [0.15, 0.2) is 0 Å². The maximum Gasteiger partial charge on any atom is 0.305 e. The van der Waals surface area contributed by atoms with E-state index < -0.39 is 5.41 Å². The molecule has 3 atom stereocenters. The molecule has 0 aromatic carbocycles. The number of ether oxygens (including phenoxy) is 5. The first kappa shape index (κ1) is 63.6. The Kier molecular flexibility index (Phi) is 35.0. The van der Waals surface area contributed by atoms with Crippen LogP contribution in [-0.2, 0) is 47.7 Å². The minimum Gasteiger partial charge on any atom is -0.465 e. The average Bonchev–Trinajstić information content (AvgIpc) is 3.39. The van der Waals surface area contributed by atoms with E-state index in [1.54, 1.807) is 0 Å². The molecule has 0 aliphatic carbocycles. The number of morpholine rings is 1. The summed E-state index contributed by atoms with van der Waals surface area (Å²) in [6.45, 7) is 15.6. The van der Waals surface area contributed by atoms with Gasteiger partial charge in [-0.25, -0.2) is 0 Å². The van der Waals surface area contributed by atoms with Crippen molar-refractivity contribution in [3.05, 3.63) is 0 Å². The van der Waals surface area contributed by atoms with E-state index in [-0.39, 0.29) is 61.3 Å². The van der Waals surface area contributed by atoms with Crippen LogP contribution in [0.15, 0.2) is 0 Å². The van der Waals surface area contributed by atoms with Gasteiger partial charge in [-0.3, -0.25) is 28.9 Å². The molecule has 0 radical (unpaired) electrons. The minimum atomic E-state index is -0.573. The van der Waals surface area contributed by atoms with Crippen LogP contribution in [0.4, 0.5) is 0 Å². The zero-order valence-corrected chi connectivity index (χ0v) is 46.9. The molecule has 3 aliphatic rings. The van der Waals surface area contributed by atoms with Crippen LogP contribution in [-0.4, -0.2) is 112 Å². The number of esters is 4. The highest BCUT2D eigenvalue weighted by Crippen LogP contribution is 2.42. The number of unbranched alkanes of at least 4 members (excludes halogenated alkanes) is 10. The first-order valence-electron chi connectivity index (χ1n) is 30.2. The van der Waals surface area contributed by atoms with Gasteiger partial charge >= 0.3 is 23.9 Å². The van der Waals surface area contributed by atoms with Gasteiger partial charge in [-0.15, -0.1) is 0 Å². The Bertz CT molecular complexity index is 1440. The van der Waals surface area contributed by atoms with E-state index in [9.17, 15) is 24.0 Å². The fraction of sp³-hybridized carbons (Fsp3) is 0.917. The van der Waals surface area contributed by atoms with Crippen LogP contribution < -0.4 is 0 Å². The molecule has 3 saturated heterocycles. The van der Waals surface area contributed by atoms with Crippen molar-refractivity contribution >= 4 is 29.8 Å². The highest BCUT2D eigenvalue weighted by Gasteiger charge is 2.39. The average molecular weight is 1020 g/mol. The lowest BCUT2D eigenvalue weighted by molar-refractivity contribution is -0.158. The third-order valence-corrected chi connectivity index (χ3v) is 16.6. The van der Waals surface area contributed by atoms with Crippen molar-refractivity contribution in [1.82, 2.24) is 9.80 Å². The van der Waals surface area contributed by atoms with Crippen molar-refractivity contribution in [1.29, 1.82) is 0 Å². The number of amides is 1. The molecule has 1 spiro atoms. The summed E-state index contributed by atoms with van der Waals surface area (Å²) in [5, 5.41) is 0. The number of nitrogens with zero attached hydrogens (tertiary/aromatic N) is 2. The summed E-state index contributed by atoms with van der Waals surface area (Å²) in [6, 6.07) is 0. The van der Waals surface area contributed by atoms with Gasteiger partial charge in [0.1, 0.15) is 13.2 Å². The summed E-state index contributed by atoms with van der Waals surface area (Å²) in [6.07, 6.45) is 33.9. The number of carbonyl (C=O) groups is 5. The molecule has 12 nitrogen and oxygen atoms in total. The van der Waals surface area contributed by atoms with Crippen LogP contribution in [0.25, 0.3) is 0 Å². The summed E-state index contributed by atoms with van der Waals surface area (Å²) < 4.78 is 29.3. The SMILES string of the molecule is CCCCCCCCC1CCCC(CC)(CCCCC)CCC(CCCCCC)COC(=O)CCCCCC(=O)OCC2(CCN(C(=O)CCCN3CCOCC3)CC2)COC(=O)CCCCCC(=O)OC1. The second-order valence-electron chi connectivity index (χ2n) is 22.6. The Hall–Kier alpha value is -2.73. The maximum atomic E-state index is 13.3. The summed E-state index contributed by atoms with van der Waals surface area (Å²) in [5.74, 6) is -0.0335. The Morgan fingerprint density at radius 3 is 1.54 bits per heavy atom. The number of likely N-dealkylation sites (tertiary alicyclic amines) is 1. The molecule has 0 bridgehead atoms. The molecule has 3 aliphatic heterocycles. The summed E-state index contributed by atoms with van der Waals surface area (Å²) in [5.41, 5.74) is -0.312. The molecular formula is C60H108N2O10. The second-order valence-corrected chi connectivity index (χ2v) is 22.6. The van der Waals surface area contributed by atoms with E-state index in [1.807, 2.05) is 4.90 Å². The molecule has 0 aromatic heterocycles. The molecule has 3 unspecified atom stereocenters. The third kappa shape index (κ3) is 28.8. The fourth-order valence-corrected chi connectivity index (χ4v) is 11.2. The van der Waals surface area contributed by atoms with Gasteiger partial charge in [0.2, 0.25) is 5.91 Å². The van der Waals surface area contributed by atoms with E-state index in [0.717, 1.165) is 97.1 Å². The third-order valence-electron chi connectivity index (χ3n) is 16.6. The Morgan fingerprint density at radius 2 is 1.00 bits per heavy atom. The lowest BCUT2D eigenvalue weighted by Crippen LogP contribution is -2.47. The lowest BCUT2D eigenvalue weighted by atomic mass is 9.71. The smallest absolute Gasteiger partial charge is 0.305 e. The van der Waals surface area contributed by atoms with Gasteiger partial charge < -0.3 is 28.6 Å². The largest absolute Gasteiger partial charge is 0.465 e. The Morgan fingerprint density at radius 1 is 0.514 bits per heavy atom. The molecule has 0 N–H and O–H groups in total. The van der Waals surface area contributed by atoms with Crippen molar-refractivity contribution in [2.75, 3.05) is 72.4 Å². The van der Waals surface area contributed by atoms with Crippen molar-refractivity contribution in [2.45, 2.75) is 259 Å². The first-order chi connectivity index (χ1) is 35.0. The van der Waals surface area contributed by atoms with Gasteiger partial charge in [-0.1, -0.05) is 137 Å². The van der Waals surface area contributed by atoms with Gasteiger partial charge in [-0.05, 0) is 114 Å². The minimum absolute atomic E-state index is 0.129. The fourth-order valence-electron chi connectivity index (χ4n) is 11.2. The number of hydrogen-bond acceptors (Lipinski definition) is 11. The molecule has 0 saturated carbocycles. The van der Waals surface area contributed by atoms with Crippen LogP contribution in [0.2, 0.25) is 0 Å². The van der Waals surface area contributed by atoms with Crippen LogP contribution in [0.5, 0.6) is 0 Å². The van der Waals surface area contributed by atoms with Gasteiger partial charge in [0, 0.05) is 63.7 Å². The molecule has 12 heteroatoms. The normalized spacial score (nSPS) is 24.4. The monoisotopic (exact) mass is 1020 g/mol. The highest BCUT2D eigenvalue weighted by molar-refractivity contribution is 5.76. The van der Waals surface area contributed by atoms with Gasteiger partial charge in [0.25, 0.3) is 0 Å². The van der Waals surface area contributed by atoms with E-state index in [4.69, 9.17) is 23.7 Å². The molecule has 72 heavy (non-hydrogen) atoms. The number of hydrogen-bond donors (Lipinski definition) is 0. The predicted octanol–water partition coefficient (Wildman–Crippen LogP) is 13.7. The van der Waals surface area contributed by atoms with E-state index in [0.29, 0.717) is 95.9 Å². The summed E-state index contributed by atoms with van der Waals surface area (Å²) in [4.78, 5) is 70.0.